The van der Waals surface area contributed by atoms with Crippen LogP contribution in [0.3, 0.4) is 0 Å². The highest BCUT2D eigenvalue weighted by atomic mass is 14.9. The van der Waals surface area contributed by atoms with Gasteiger partial charge in [0, 0.05) is 22.9 Å². The van der Waals surface area contributed by atoms with Crippen molar-refractivity contribution in [3.63, 3.8) is 0 Å². The molecule has 0 atom stereocenters. The third kappa shape index (κ3) is 2.94. The Morgan fingerprint density at radius 3 is 2.26 bits per heavy atom. The Bertz CT molecular complexity index is 827. The van der Waals surface area contributed by atoms with E-state index in [1.807, 2.05) is 6.20 Å². The van der Waals surface area contributed by atoms with Crippen molar-refractivity contribution in [3.8, 4) is 11.3 Å². The van der Waals surface area contributed by atoms with Crippen LogP contribution in [-0.4, -0.2) is 11.5 Å². The molecule has 23 heavy (non-hydrogen) atoms. The minimum absolute atomic E-state index is 0.966. The number of aryl methyl sites for hydroxylation is 3. The number of rotatable bonds is 4. The molecule has 0 fully saturated rings. The maximum absolute atomic E-state index is 4.82. The molecule has 1 heterocycles. The molecule has 1 aromatic heterocycles. The molecule has 3 rings (SSSR count). The van der Waals surface area contributed by atoms with Crippen molar-refractivity contribution in [2.45, 2.75) is 34.1 Å². The Labute approximate surface area is 138 Å². The minimum Gasteiger partial charge on any atom is -0.383 e. The molecular weight excluding hydrogens is 280 g/mol. The zero-order chi connectivity index (χ0) is 16.4. The number of hydrogen-bond donors (Lipinski definition) is 1. The highest BCUT2D eigenvalue weighted by molar-refractivity contribution is 6.02. The molecule has 0 aliphatic heterocycles. The number of aromatic nitrogens is 1. The van der Waals surface area contributed by atoms with Gasteiger partial charge in [0.2, 0.25) is 0 Å². The number of anilines is 1. The van der Waals surface area contributed by atoms with Crippen LogP contribution in [0.5, 0.6) is 0 Å². The van der Waals surface area contributed by atoms with E-state index in [4.69, 9.17) is 4.98 Å². The Morgan fingerprint density at radius 2 is 1.61 bits per heavy atom. The van der Waals surface area contributed by atoms with Crippen molar-refractivity contribution in [2.24, 2.45) is 0 Å². The smallest absolute Gasteiger partial charge is 0.0787 e. The van der Waals surface area contributed by atoms with Gasteiger partial charge in [-0.25, -0.2) is 0 Å². The SMILES string of the molecule is CCCNc1cnc(-c2c(C)cc(C)cc2C)c2ccccc12. The van der Waals surface area contributed by atoms with Crippen LogP contribution in [0.1, 0.15) is 30.0 Å². The summed E-state index contributed by atoms with van der Waals surface area (Å²) in [5.41, 5.74) is 7.33. The summed E-state index contributed by atoms with van der Waals surface area (Å²) < 4.78 is 0. The summed E-state index contributed by atoms with van der Waals surface area (Å²) in [7, 11) is 0. The number of fused-ring (bicyclic) bond motifs is 1. The number of hydrogen-bond acceptors (Lipinski definition) is 2. The summed E-state index contributed by atoms with van der Waals surface area (Å²) >= 11 is 0. The lowest BCUT2D eigenvalue weighted by Gasteiger charge is -2.15. The molecule has 0 radical (unpaired) electrons. The molecular formula is C21H24N2. The van der Waals surface area contributed by atoms with E-state index < -0.39 is 0 Å². The molecule has 0 saturated carbocycles. The quantitative estimate of drug-likeness (QED) is 0.673. The summed E-state index contributed by atoms with van der Waals surface area (Å²) in [6.45, 7) is 9.64. The van der Waals surface area contributed by atoms with Crippen LogP contribution in [0.25, 0.3) is 22.0 Å². The van der Waals surface area contributed by atoms with Crippen LogP contribution in [0.15, 0.2) is 42.6 Å². The molecule has 0 saturated heterocycles. The summed E-state index contributed by atoms with van der Waals surface area (Å²) in [6, 6.07) is 13.0. The third-order valence-corrected chi connectivity index (χ3v) is 4.27. The van der Waals surface area contributed by atoms with Gasteiger partial charge in [0.25, 0.3) is 0 Å². The van der Waals surface area contributed by atoms with Crippen LogP contribution in [-0.2, 0) is 0 Å². The summed E-state index contributed by atoms with van der Waals surface area (Å²) in [4.78, 5) is 4.82. The first-order valence-corrected chi connectivity index (χ1v) is 8.31. The predicted octanol–water partition coefficient (Wildman–Crippen LogP) is 5.65. The molecule has 0 aliphatic carbocycles. The van der Waals surface area contributed by atoms with Gasteiger partial charge < -0.3 is 5.32 Å². The zero-order valence-corrected chi connectivity index (χ0v) is 14.4. The van der Waals surface area contributed by atoms with Gasteiger partial charge in [-0.05, 0) is 38.3 Å². The Hall–Kier alpha value is -2.35. The van der Waals surface area contributed by atoms with E-state index in [0.717, 1.165) is 24.3 Å². The van der Waals surface area contributed by atoms with Crippen LogP contribution >= 0.6 is 0 Å². The second-order valence-corrected chi connectivity index (χ2v) is 6.27. The van der Waals surface area contributed by atoms with Crippen molar-refractivity contribution in [1.82, 2.24) is 4.98 Å². The molecule has 2 heteroatoms. The van der Waals surface area contributed by atoms with E-state index in [-0.39, 0.29) is 0 Å². The maximum Gasteiger partial charge on any atom is 0.0787 e. The Morgan fingerprint density at radius 1 is 0.957 bits per heavy atom. The molecule has 0 bridgehead atoms. The lowest BCUT2D eigenvalue weighted by atomic mass is 9.94. The zero-order valence-electron chi connectivity index (χ0n) is 14.4. The fraction of sp³-hybridized carbons (Fsp3) is 0.286. The standard InChI is InChI=1S/C21H24N2/c1-5-10-22-19-13-23-21(18-9-7-6-8-17(18)19)20-15(3)11-14(2)12-16(20)4/h6-9,11-13,22H,5,10H2,1-4H3. The first kappa shape index (κ1) is 15.5. The highest BCUT2D eigenvalue weighted by Crippen LogP contribution is 2.35. The van der Waals surface area contributed by atoms with Crippen LogP contribution in [0.4, 0.5) is 5.69 Å². The van der Waals surface area contributed by atoms with Crippen LogP contribution in [0, 0.1) is 20.8 Å². The fourth-order valence-electron chi connectivity index (χ4n) is 3.35. The van der Waals surface area contributed by atoms with Gasteiger partial charge in [-0.1, -0.05) is 48.9 Å². The van der Waals surface area contributed by atoms with Gasteiger partial charge in [-0.15, -0.1) is 0 Å². The average Bonchev–Trinajstić information content (AvgIpc) is 2.53. The van der Waals surface area contributed by atoms with Crippen molar-refractivity contribution in [2.75, 3.05) is 11.9 Å². The van der Waals surface area contributed by atoms with Gasteiger partial charge in [0.05, 0.1) is 17.6 Å². The van der Waals surface area contributed by atoms with Gasteiger partial charge in [-0.3, -0.25) is 4.98 Å². The van der Waals surface area contributed by atoms with E-state index in [1.54, 1.807) is 0 Å². The van der Waals surface area contributed by atoms with Gasteiger partial charge in [-0.2, -0.15) is 0 Å². The average molecular weight is 304 g/mol. The number of benzene rings is 2. The molecule has 0 spiro atoms. The topological polar surface area (TPSA) is 24.9 Å². The lowest BCUT2D eigenvalue weighted by molar-refractivity contribution is 0.980. The molecule has 0 amide bonds. The largest absolute Gasteiger partial charge is 0.383 e. The molecule has 1 N–H and O–H groups in total. The number of nitrogens with zero attached hydrogens (tertiary/aromatic N) is 1. The molecule has 2 nitrogen and oxygen atoms in total. The highest BCUT2D eigenvalue weighted by Gasteiger charge is 2.13. The second-order valence-electron chi connectivity index (χ2n) is 6.27. The summed E-state index contributed by atoms with van der Waals surface area (Å²) in [5, 5.41) is 5.94. The monoisotopic (exact) mass is 304 g/mol. The summed E-state index contributed by atoms with van der Waals surface area (Å²) in [6.07, 6.45) is 3.08. The number of nitrogens with one attached hydrogen (secondary N) is 1. The van der Waals surface area contributed by atoms with Crippen molar-refractivity contribution < 1.29 is 0 Å². The first-order chi connectivity index (χ1) is 11.1. The van der Waals surface area contributed by atoms with Crippen LogP contribution < -0.4 is 5.32 Å². The van der Waals surface area contributed by atoms with Gasteiger partial charge in [0.1, 0.15) is 0 Å². The minimum atomic E-state index is 0.966. The Balaban J connectivity index is 2.24. The molecule has 3 aromatic rings. The second kappa shape index (κ2) is 6.41. The summed E-state index contributed by atoms with van der Waals surface area (Å²) in [5.74, 6) is 0. The predicted molar refractivity (Wildman–Crippen MR) is 100 cm³/mol. The maximum atomic E-state index is 4.82. The molecule has 0 aliphatic rings. The molecule has 2 aromatic carbocycles. The van der Waals surface area contributed by atoms with Crippen LogP contribution in [0.2, 0.25) is 0 Å². The van der Waals surface area contributed by atoms with Gasteiger partial charge in [0.15, 0.2) is 0 Å². The van der Waals surface area contributed by atoms with E-state index in [2.05, 4.69) is 69.4 Å². The van der Waals surface area contributed by atoms with E-state index in [1.165, 1.54) is 33.0 Å². The fourth-order valence-corrected chi connectivity index (χ4v) is 3.35. The van der Waals surface area contributed by atoms with Crippen molar-refractivity contribution in [1.29, 1.82) is 0 Å². The van der Waals surface area contributed by atoms with Crippen molar-refractivity contribution >= 4 is 16.5 Å². The van der Waals surface area contributed by atoms with E-state index >= 15 is 0 Å². The normalized spacial score (nSPS) is 11.0. The molecule has 118 valence electrons. The van der Waals surface area contributed by atoms with E-state index in [0.29, 0.717) is 0 Å². The lowest BCUT2D eigenvalue weighted by Crippen LogP contribution is -2.02. The first-order valence-electron chi connectivity index (χ1n) is 8.31. The Kier molecular flexibility index (Phi) is 4.33. The third-order valence-electron chi connectivity index (χ3n) is 4.27. The van der Waals surface area contributed by atoms with Gasteiger partial charge >= 0.3 is 0 Å². The van der Waals surface area contributed by atoms with E-state index in [9.17, 15) is 0 Å². The van der Waals surface area contributed by atoms with Crippen molar-refractivity contribution in [3.05, 3.63) is 59.3 Å². The molecule has 0 unspecified atom stereocenters. The number of pyridine rings is 1.